The molecule has 0 aliphatic heterocycles. The van der Waals surface area contributed by atoms with E-state index in [0.717, 1.165) is 38.5 Å². The number of aliphatic hydroxyl groups is 2. The zero-order valence-corrected chi connectivity index (χ0v) is 24.0. The van der Waals surface area contributed by atoms with Gasteiger partial charge in [0.05, 0.1) is 37.4 Å². The van der Waals surface area contributed by atoms with Crippen LogP contribution >= 0.6 is 0 Å². The Labute approximate surface area is 222 Å². The van der Waals surface area contributed by atoms with E-state index in [-0.39, 0.29) is 29.7 Å². The Bertz CT molecular complexity index is 723. The van der Waals surface area contributed by atoms with Crippen molar-refractivity contribution < 1.29 is 29.4 Å². The molecule has 0 saturated carbocycles. The zero-order chi connectivity index (χ0) is 29.4. The van der Waals surface area contributed by atoms with Gasteiger partial charge in [0.2, 0.25) is 24.3 Å². The zero-order valence-electron chi connectivity index (χ0n) is 24.0. The molecule has 0 rings (SSSR count). The third-order valence-corrected chi connectivity index (χ3v) is 6.38. The Balaban J connectivity index is -0.000000501. The highest BCUT2D eigenvalue weighted by Gasteiger charge is 2.25. The van der Waals surface area contributed by atoms with E-state index in [1.54, 1.807) is 26.0 Å². The third kappa shape index (κ3) is 23.6. The molecule has 2 unspecified atom stereocenters. The van der Waals surface area contributed by atoms with Crippen LogP contribution in [0.1, 0.15) is 93.9 Å². The Morgan fingerprint density at radius 1 is 0.595 bits per heavy atom. The van der Waals surface area contributed by atoms with Gasteiger partial charge in [-0.2, -0.15) is 9.98 Å². The van der Waals surface area contributed by atoms with Gasteiger partial charge in [0.25, 0.3) is 0 Å². The van der Waals surface area contributed by atoms with Gasteiger partial charge >= 0.3 is 0 Å². The summed E-state index contributed by atoms with van der Waals surface area (Å²) < 4.78 is 0. The second-order valence-corrected chi connectivity index (χ2v) is 10.9. The standard InChI is InChI=1S/2C11H18N2O2.C5H12O2/c2*1-10(11(2,3)13-9-15)6-4-5-7-12-8-14;1-5(2,3-6)4-7/h2*10H,4-7H2,1-3H3;6-7H,3-4H2,1-2H3. The van der Waals surface area contributed by atoms with Gasteiger partial charge < -0.3 is 10.2 Å². The number of carbonyl (C=O) groups excluding carboxylic acids is 4. The second-order valence-electron chi connectivity index (χ2n) is 10.9. The van der Waals surface area contributed by atoms with E-state index in [0.29, 0.717) is 24.9 Å². The Morgan fingerprint density at radius 3 is 1.14 bits per heavy atom. The minimum absolute atomic E-state index is 0.0451. The normalized spacial score (nSPS) is 12.4. The summed E-state index contributed by atoms with van der Waals surface area (Å²) in [5, 5.41) is 16.9. The number of aliphatic imine (C=N–C) groups is 4. The Hall–Kier alpha value is -2.56. The maximum Gasteiger partial charge on any atom is 0.235 e. The molecule has 37 heavy (non-hydrogen) atoms. The van der Waals surface area contributed by atoms with Crippen molar-refractivity contribution in [3.63, 3.8) is 0 Å². The van der Waals surface area contributed by atoms with Crippen molar-refractivity contribution in [3.05, 3.63) is 0 Å². The van der Waals surface area contributed by atoms with Crippen molar-refractivity contribution in [2.45, 2.75) is 105 Å². The molecular weight excluding hydrogens is 476 g/mol. The van der Waals surface area contributed by atoms with Crippen molar-refractivity contribution in [2.24, 2.45) is 37.2 Å². The number of hydrogen-bond donors (Lipinski definition) is 2. The Kier molecular flexibility index (Phi) is 23.8. The van der Waals surface area contributed by atoms with Gasteiger partial charge in [-0.25, -0.2) is 29.2 Å². The number of isocyanates is 4. The molecule has 0 radical (unpaired) electrons. The molecular formula is C27H48N4O6. The van der Waals surface area contributed by atoms with Crippen LogP contribution in [0.4, 0.5) is 0 Å². The fraction of sp³-hybridized carbons (Fsp3) is 0.852. The van der Waals surface area contributed by atoms with Crippen LogP contribution in [0.5, 0.6) is 0 Å². The molecule has 212 valence electrons. The van der Waals surface area contributed by atoms with Gasteiger partial charge in [-0.15, -0.1) is 0 Å². The van der Waals surface area contributed by atoms with Crippen molar-refractivity contribution in [1.82, 2.24) is 0 Å². The lowest BCUT2D eigenvalue weighted by molar-refractivity contribution is 0.0857. The summed E-state index contributed by atoms with van der Waals surface area (Å²) >= 11 is 0. The minimum Gasteiger partial charge on any atom is -0.396 e. The van der Waals surface area contributed by atoms with E-state index in [2.05, 4.69) is 33.8 Å². The number of nitrogens with zero attached hydrogens (tertiary/aromatic N) is 4. The lowest BCUT2D eigenvalue weighted by Gasteiger charge is -2.25. The van der Waals surface area contributed by atoms with Gasteiger partial charge in [0.1, 0.15) is 0 Å². The average molecular weight is 525 g/mol. The molecule has 0 aliphatic rings. The number of rotatable bonds is 16. The fourth-order valence-electron chi connectivity index (χ4n) is 2.59. The van der Waals surface area contributed by atoms with Crippen LogP contribution < -0.4 is 0 Å². The Morgan fingerprint density at radius 2 is 0.919 bits per heavy atom. The maximum absolute atomic E-state index is 10.2. The minimum atomic E-state index is -0.352. The van der Waals surface area contributed by atoms with Crippen molar-refractivity contribution in [3.8, 4) is 0 Å². The molecule has 0 amide bonds. The van der Waals surface area contributed by atoms with Crippen LogP contribution in [0.3, 0.4) is 0 Å². The molecule has 2 atom stereocenters. The number of hydrogen-bond acceptors (Lipinski definition) is 10. The second kappa shape index (κ2) is 22.6. The molecule has 2 N–H and O–H groups in total. The molecule has 10 nitrogen and oxygen atoms in total. The quantitative estimate of drug-likeness (QED) is 0.172. The monoisotopic (exact) mass is 524 g/mol. The number of unbranched alkanes of at least 4 members (excludes halogenated alkanes) is 2. The molecule has 10 heteroatoms. The number of aliphatic hydroxyl groups excluding tert-OH is 2. The molecule has 0 saturated heterocycles. The molecule has 0 aliphatic carbocycles. The van der Waals surface area contributed by atoms with Gasteiger partial charge in [-0.3, -0.25) is 0 Å². The molecule has 0 heterocycles. The first-order valence-corrected chi connectivity index (χ1v) is 12.7. The lowest BCUT2D eigenvalue weighted by Crippen LogP contribution is -2.26. The summed E-state index contributed by atoms with van der Waals surface area (Å²) in [6.07, 6.45) is 11.9. The van der Waals surface area contributed by atoms with Crippen molar-refractivity contribution >= 4 is 24.3 Å². The van der Waals surface area contributed by atoms with Gasteiger partial charge in [0, 0.05) is 5.41 Å². The van der Waals surface area contributed by atoms with E-state index in [1.807, 2.05) is 27.7 Å². The predicted molar refractivity (Wildman–Crippen MR) is 144 cm³/mol. The van der Waals surface area contributed by atoms with Crippen LogP contribution in [0.2, 0.25) is 0 Å². The van der Waals surface area contributed by atoms with Crippen molar-refractivity contribution in [2.75, 3.05) is 26.3 Å². The molecule has 0 fully saturated rings. The van der Waals surface area contributed by atoms with Crippen LogP contribution in [0, 0.1) is 17.3 Å². The average Bonchev–Trinajstić information content (AvgIpc) is 2.84. The van der Waals surface area contributed by atoms with Crippen LogP contribution in [-0.2, 0) is 19.2 Å². The summed E-state index contributed by atoms with van der Waals surface area (Å²) in [6, 6.07) is 0. The van der Waals surface area contributed by atoms with Crippen LogP contribution in [0.15, 0.2) is 20.0 Å². The molecule has 0 aromatic rings. The topological polar surface area (TPSA) is 158 Å². The van der Waals surface area contributed by atoms with E-state index < -0.39 is 0 Å². The highest BCUT2D eigenvalue weighted by molar-refractivity contribution is 5.35. The largest absolute Gasteiger partial charge is 0.396 e. The summed E-state index contributed by atoms with van der Waals surface area (Å²) in [6.45, 7) is 16.6. The first kappa shape index (κ1) is 39.0. The molecule has 0 bridgehead atoms. The highest BCUT2D eigenvalue weighted by Crippen LogP contribution is 2.26. The summed E-state index contributed by atoms with van der Waals surface area (Å²) in [7, 11) is 0. The summed E-state index contributed by atoms with van der Waals surface area (Å²) in [4.78, 5) is 54.5. The van der Waals surface area contributed by atoms with Crippen LogP contribution in [-0.4, -0.2) is 71.9 Å². The van der Waals surface area contributed by atoms with Crippen LogP contribution in [0.25, 0.3) is 0 Å². The van der Waals surface area contributed by atoms with E-state index in [1.165, 1.54) is 12.2 Å². The molecule has 0 aromatic heterocycles. The fourth-order valence-corrected chi connectivity index (χ4v) is 2.59. The highest BCUT2D eigenvalue weighted by atomic mass is 16.3. The molecule has 0 aromatic carbocycles. The van der Waals surface area contributed by atoms with Gasteiger partial charge in [-0.1, -0.05) is 40.5 Å². The van der Waals surface area contributed by atoms with Crippen molar-refractivity contribution in [1.29, 1.82) is 0 Å². The van der Waals surface area contributed by atoms with Gasteiger partial charge in [0.15, 0.2) is 0 Å². The molecule has 0 spiro atoms. The first-order valence-electron chi connectivity index (χ1n) is 12.7. The van der Waals surface area contributed by atoms with Gasteiger partial charge in [-0.05, 0) is 65.2 Å². The third-order valence-electron chi connectivity index (χ3n) is 6.38. The first-order chi connectivity index (χ1) is 17.2. The maximum atomic E-state index is 10.2. The summed E-state index contributed by atoms with van der Waals surface area (Å²) in [5.41, 5.74) is -1.01. The summed E-state index contributed by atoms with van der Waals surface area (Å²) in [5.74, 6) is 0.637. The van der Waals surface area contributed by atoms with E-state index >= 15 is 0 Å². The predicted octanol–water partition coefficient (Wildman–Crippen LogP) is 4.48. The van der Waals surface area contributed by atoms with E-state index in [4.69, 9.17) is 10.2 Å². The lowest BCUT2D eigenvalue weighted by atomic mass is 9.86. The smallest absolute Gasteiger partial charge is 0.235 e. The SMILES string of the molecule is CC(C)(CO)CO.CC(CCCCN=C=O)C(C)(C)N=C=O.CC(CCCCN=C=O)C(C)(C)N=C=O. The van der Waals surface area contributed by atoms with E-state index in [9.17, 15) is 19.2 Å².